The van der Waals surface area contributed by atoms with Gasteiger partial charge in [0.15, 0.2) is 0 Å². The molecule has 0 atom stereocenters. The zero-order chi connectivity index (χ0) is 13.3. The number of hydrogen-bond acceptors (Lipinski definition) is 2. The van der Waals surface area contributed by atoms with Crippen molar-refractivity contribution < 1.29 is 9.59 Å². The highest BCUT2D eigenvalue weighted by molar-refractivity contribution is 5.87. The van der Waals surface area contributed by atoms with Crippen molar-refractivity contribution in [1.29, 1.82) is 0 Å². The van der Waals surface area contributed by atoms with Crippen molar-refractivity contribution in [2.75, 3.05) is 13.1 Å². The number of carbonyl (C=O) groups is 2. The van der Waals surface area contributed by atoms with Gasteiger partial charge in [0.2, 0.25) is 11.8 Å². The summed E-state index contributed by atoms with van der Waals surface area (Å²) in [6.45, 7) is 11.3. The standard InChI is InChI=1S/C13H24N2O2/c1-12(2,3)9-13(4,5)15-7-6-10(16)14-8-11(15)17/h6-9H2,1-5H3,(H,14,16). The molecule has 1 fully saturated rings. The Morgan fingerprint density at radius 2 is 1.76 bits per heavy atom. The van der Waals surface area contributed by atoms with Crippen LogP contribution in [0.25, 0.3) is 0 Å². The Hall–Kier alpha value is -1.06. The van der Waals surface area contributed by atoms with Crippen LogP contribution in [0.15, 0.2) is 0 Å². The number of rotatable bonds is 2. The van der Waals surface area contributed by atoms with E-state index in [0.717, 1.165) is 6.42 Å². The molecule has 0 radical (unpaired) electrons. The molecular weight excluding hydrogens is 216 g/mol. The second kappa shape index (κ2) is 4.67. The number of nitrogens with one attached hydrogen (secondary N) is 1. The molecule has 0 aliphatic carbocycles. The third-order valence-electron chi connectivity index (χ3n) is 2.99. The number of carbonyl (C=O) groups excluding carboxylic acids is 2. The van der Waals surface area contributed by atoms with Gasteiger partial charge in [0.1, 0.15) is 0 Å². The Morgan fingerprint density at radius 1 is 1.18 bits per heavy atom. The smallest absolute Gasteiger partial charge is 0.242 e. The summed E-state index contributed by atoms with van der Waals surface area (Å²) in [5.74, 6) is -0.0162. The minimum atomic E-state index is -0.207. The van der Waals surface area contributed by atoms with E-state index in [4.69, 9.17) is 0 Å². The predicted molar refractivity (Wildman–Crippen MR) is 67.5 cm³/mol. The van der Waals surface area contributed by atoms with Crippen LogP contribution >= 0.6 is 0 Å². The van der Waals surface area contributed by atoms with Gasteiger partial charge < -0.3 is 10.2 Å². The summed E-state index contributed by atoms with van der Waals surface area (Å²) in [5.41, 5.74) is -0.0465. The molecule has 2 amide bonds. The van der Waals surface area contributed by atoms with E-state index >= 15 is 0 Å². The molecule has 0 saturated carbocycles. The Balaban J connectivity index is 2.81. The molecular formula is C13H24N2O2. The summed E-state index contributed by atoms with van der Waals surface area (Å²) in [6, 6.07) is 0. The molecule has 0 aromatic heterocycles. The molecule has 0 unspecified atom stereocenters. The van der Waals surface area contributed by atoms with Crippen molar-refractivity contribution in [3.8, 4) is 0 Å². The van der Waals surface area contributed by atoms with E-state index in [-0.39, 0.29) is 29.3 Å². The molecule has 4 heteroatoms. The molecule has 1 aliphatic rings. The van der Waals surface area contributed by atoms with Crippen LogP contribution in [-0.2, 0) is 9.59 Å². The van der Waals surface area contributed by atoms with Crippen LogP contribution in [0.3, 0.4) is 0 Å². The van der Waals surface area contributed by atoms with Crippen LogP contribution in [0.4, 0.5) is 0 Å². The molecule has 98 valence electrons. The molecule has 17 heavy (non-hydrogen) atoms. The Bertz CT molecular complexity index is 316. The summed E-state index contributed by atoms with van der Waals surface area (Å²) in [6.07, 6.45) is 1.32. The molecule has 1 saturated heterocycles. The van der Waals surface area contributed by atoms with E-state index in [1.165, 1.54) is 0 Å². The zero-order valence-electron chi connectivity index (χ0n) is 11.6. The second-order valence-corrected chi connectivity index (χ2v) is 6.62. The monoisotopic (exact) mass is 240 g/mol. The van der Waals surface area contributed by atoms with Crippen LogP contribution in [0.1, 0.15) is 47.5 Å². The fourth-order valence-corrected chi connectivity index (χ4v) is 2.73. The van der Waals surface area contributed by atoms with Gasteiger partial charge in [-0.2, -0.15) is 0 Å². The normalized spacial score (nSPS) is 19.0. The molecule has 4 nitrogen and oxygen atoms in total. The van der Waals surface area contributed by atoms with Gasteiger partial charge in [-0.1, -0.05) is 20.8 Å². The molecule has 0 aromatic rings. The van der Waals surface area contributed by atoms with E-state index in [2.05, 4.69) is 39.9 Å². The second-order valence-electron chi connectivity index (χ2n) is 6.62. The molecule has 0 bridgehead atoms. The maximum absolute atomic E-state index is 12.0. The summed E-state index contributed by atoms with van der Waals surface area (Å²) in [5, 5.41) is 2.63. The summed E-state index contributed by atoms with van der Waals surface area (Å²) < 4.78 is 0. The lowest BCUT2D eigenvalue weighted by atomic mass is 9.80. The highest BCUT2D eigenvalue weighted by atomic mass is 16.2. The third-order valence-corrected chi connectivity index (χ3v) is 2.99. The lowest BCUT2D eigenvalue weighted by Crippen LogP contribution is -2.50. The Morgan fingerprint density at radius 3 is 2.29 bits per heavy atom. The minimum Gasteiger partial charge on any atom is -0.347 e. The first kappa shape index (κ1) is 14.0. The van der Waals surface area contributed by atoms with E-state index in [1.54, 1.807) is 0 Å². The number of amides is 2. The van der Waals surface area contributed by atoms with Gasteiger partial charge in [-0.15, -0.1) is 0 Å². The van der Waals surface area contributed by atoms with E-state index in [0.29, 0.717) is 13.0 Å². The highest BCUT2D eigenvalue weighted by Gasteiger charge is 2.35. The average molecular weight is 240 g/mol. The van der Waals surface area contributed by atoms with Gasteiger partial charge in [-0.25, -0.2) is 0 Å². The lowest BCUT2D eigenvalue weighted by molar-refractivity contribution is -0.135. The predicted octanol–water partition coefficient (Wildman–Crippen LogP) is 1.55. The van der Waals surface area contributed by atoms with Gasteiger partial charge in [0, 0.05) is 18.5 Å². The van der Waals surface area contributed by atoms with Crippen LogP contribution in [0.2, 0.25) is 0 Å². The number of hydrogen-bond donors (Lipinski definition) is 1. The maximum atomic E-state index is 12.0. The fourth-order valence-electron chi connectivity index (χ4n) is 2.73. The van der Waals surface area contributed by atoms with Crippen molar-refractivity contribution in [1.82, 2.24) is 10.2 Å². The summed E-state index contributed by atoms with van der Waals surface area (Å²) >= 11 is 0. The van der Waals surface area contributed by atoms with Crippen LogP contribution in [0.5, 0.6) is 0 Å². The van der Waals surface area contributed by atoms with Crippen LogP contribution < -0.4 is 5.32 Å². The minimum absolute atomic E-state index is 0.0186. The van der Waals surface area contributed by atoms with Crippen LogP contribution in [0, 0.1) is 5.41 Å². The van der Waals surface area contributed by atoms with Gasteiger partial charge >= 0.3 is 0 Å². The fraction of sp³-hybridized carbons (Fsp3) is 0.846. The SMILES string of the molecule is CC(C)(C)CC(C)(C)N1CCC(=O)NCC1=O. The molecule has 1 N–H and O–H groups in total. The Kier molecular flexibility index (Phi) is 3.84. The largest absolute Gasteiger partial charge is 0.347 e. The van der Waals surface area contributed by atoms with Crippen molar-refractivity contribution in [3.63, 3.8) is 0 Å². The van der Waals surface area contributed by atoms with Crippen molar-refractivity contribution in [3.05, 3.63) is 0 Å². The molecule has 0 spiro atoms. The molecule has 1 aliphatic heterocycles. The first-order valence-corrected chi connectivity index (χ1v) is 6.19. The van der Waals surface area contributed by atoms with Crippen molar-refractivity contribution >= 4 is 11.8 Å². The zero-order valence-corrected chi connectivity index (χ0v) is 11.6. The van der Waals surface area contributed by atoms with E-state index in [1.807, 2.05) is 4.90 Å². The molecule has 1 rings (SSSR count). The van der Waals surface area contributed by atoms with E-state index in [9.17, 15) is 9.59 Å². The first-order chi connectivity index (χ1) is 7.62. The third kappa shape index (κ3) is 4.02. The average Bonchev–Trinajstić information content (AvgIpc) is 2.25. The molecule has 1 heterocycles. The van der Waals surface area contributed by atoms with Gasteiger partial charge in [-0.3, -0.25) is 9.59 Å². The van der Waals surface area contributed by atoms with Gasteiger partial charge in [0.25, 0.3) is 0 Å². The summed E-state index contributed by atoms with van der Waals surface area (Å²) in [7, 11) is 0. The topological polar surface area (TPSA) is 49.4 Å². The quantitative estimate of drug-likeness (QED) is 0.796. The Labute approximate surface area is 104 Å². The van der Waals surface area contributed by atoms with Crippen molar-refractivity contribution in [2.24, 2.45) is 5.41 Å². The van der Waals surface area contributed by atoms with E-state index < -0.39 is 0 Å². The lowest BCUT2D eigenvalue weighted by Gasteiger charge is -2.41. The van der Waals surface area contributed by atoms with Crippen LogP contribution in [-0.4, -0.2) is 35.3 Å². The maximum Gasteiger partial charge on any atom is 0.242 e. The summed E-state index contributed by atoms with van der Waals surface area (Å²) in [4.78, 5) is 25.1. The first-order valence-electron chi connectivity index (χ1n) is 6.19. The molecule has 0 aromatic carbocycles. The van der Waals surface area contributed by atoms with Gasteiger partial charge in [0.05, 0.1) is 6.54 Å². The van der Waals surface area contributed by atoms with Crippen molar-refractivity contribution in [2.45, 2.75) is 53.0 Å². The highest BCUT2D eigenvalue weighted by Crippen LogP contribution is 2.31. The number of nitrogens with zero attached hydrogens (tertiary/aromatic N) is 1. The van der Waals surface area contributed by atoms with Gasteiger partial charge in [-0.05, 0) is 25.7 Å².